The van der Waals surface area contributed by atoms with Gasteiger partial charge in [-0.3, -0.25) is 0 Å². The second-order valence-corrected chi connectivity index (χ2v) is 4.76. The molecule has 2 N–H and O–H groups in total. The van der Waals surface area contributed by atoms with E-state index in [4.69, 9.17) is 5.73 Å². The van der Waals surface area contributed by atoms with Gasteiger partial charge in [-0.2, -0.15) is 0 Å². The molecule has 0 spiro atoms. The van der Waals surface area contributed by atoms with Gasteiger partial charge < -0.3 is 10.3 Å². The number of nitrogens with two attached hydrogens (primary N) is 1. The Labute approximate surface area is 90.9 Å². The Bertz CT molecular complexity index is 333. The summed E-state index contributed by atoms with van der Waals surface area (Å²) in [6.07, 6.45) is 6.38. The van der Waals surface area contributed by atoms with Gasteiger partial charge in [0.25, 0.3) is 0 Å². The fraction of sp³-hybridized carbons (Fsp3) is 0.818. The smallest absolute Gasteiger partial charge is 0.140 e. The van der Waals surface area contributed by atoms with E-state index >= 15 is 0 Å². The van der Waals surface area contributed by atoms with Crippen LogP contribution in [0.4, 0.5) is 0 Å². The standard InChI is InChI=1S/C11H20N4/c1-3-7-15-8-13-14-10(15)11(2)6-4-5-9(11)12/h8-9H,3-7,12H2,1-2H3. The van der Waals surface area contributed by atoms with E-state index in [1.165, 1.54) is 6.42 Å². The first-order valence-electron chi connectivity index (χ1n) is 5.82. The molecule has 84 valence electrons. The molecule has 4 nitrogen and oxygen atoms in total. The van der Waals surface area contributed by atoms with Crippen LogP contribution in [0.3, 0.4) is 0 Å². The molecule has 1 aliphatic rings. The lowest BCUT2D eigenvalue weighted by Crippen LogP contribution is -2.40. The van der Waals surface area contributed by atoms with E-state index in [9.17, 15) is 0 Å². The van der Waals surface area contributed by atoms with Crippen molar-refractivity contribution in [2.75, 3.05) is 0 Å². The third kappa shape index (κ3) is 1.67. The summed E-state index contributed by atoms with van der Waals surface area (Å²) in [5, 5.41) is 8.29. The fourth-order valence-electron chi connectivity index (χ4n) is 2.57. The minimum atomic E-state index is 0.0334. The van der Waals surface area contributed by atoms with Crippen LogP contribution in [0.2, 0.25) is 0 Å². The SMILES string of the molecule is CCCn1cnnc1C1(C)CCCC1N. The summed E-state index contributed by atoms with van der Waals surface area (Å²) in [5.74, 6) is 1.08. The zero-order valence-corrected chi connectivity index (χ0v) is 9.61. The van der Waals surface area contributed by atoms with Gasteiger partial charge >= 0.3 is 0 Å². The average molecular weight is 208 g/mol. The molecule has 2 rings (SSSR count). The average Bonchev–Trinajstić information content (AvgIpc) is 2.77. The van der Waals surface area contributed by atoms with Crippen LogP contribution >= 0.6 is 0 Å². The van der Waals surface area contributed by atoms with Crippen molar-refractivity contribution in [1.29, 1.82) is 0 Å². The number of nitrogens with zero attached hydrogens (tertiary/aromatic N) is 3. The highest BCUT2D eigenvalue weighted by atomic mass is 15.3. The van der Waals surface area contributed by atoms with E-state index < -0.39 is 0 Å². The lowest BCUT2D eigenvalue weighted by Gasteiger charge is -2.28. The van der Waals surface area contributed by atoms with Gasteiger partial charge in [-0.25, -0.2) is 0 Å². The second kappa shape index (κ2) is 3.93. The topological polar surface area (TPSA) is 56.7 Å². The molecular weight excluding hydrogens is 188 g/mol. The van der Waals surface area contributed by atoms with Crippen molar-refractivity contribution >= 4 is 0 Å². The maximum absolute atomic E-state index is 6.19. The van der Waals surface area contributed by atoms with Crippen LogP contribution in [-0.4, -0.2) is 20.8 Å². The minimum Gasteiger partial charge on any atom is -0.327 e. The lowest BCUT2D eigenvalue weighted by molar-refractivity contribution is 0.383. The summed E-state index contributed by atoms with van der Waals surface area (Å²) >= 11 is 0. The molecule has 4 heteroatoms. The summed E-state index contributed by atoms with van der Waals surface area (Å²) in [6, 6.07) is 0.234. The molecule has 1 saturated carbocycles. The Kier molecular flexibility index (Phi) is 2.78. The van der Waals surface area contributed by atoms with Gasteiger partial charge in [-0.1, -0.05) is 20.3 Å². The Morgan fingerprint density at radius 2 is 2.47 bits per heavy atom. The molecule has 0 aliphatic heterocycles. The van der Waals surface area contributed by atoms with Crippen molar-refractivity contribution in [3.8, 4) is 0 Å². The predicted octanol–water partition coefficient (Wildman–Crippen LogP) is 1.46. The van der Waals surface area contributed by atoms with E-state index in [-0.39, 0.29) is 11.5 Å². The first-order valence-corrected chi connectivity index (χ1v) is 5.82. The van der Waals surface area contributed by atoms with Crippen LogP contribution in [-0.2, 0) is 12.0 Å². The van der Waals surface area contributed by atoms with Gasteiger partial charge in [0.1, 0.15) is 12.2 Å². The number of hydrogen-bond donors (Lipinski definition) is 1. The van der Waals surface area contributed by atoms with Crippen LogP contribution in [0.5, 0.6) is 0 Å². The van der Waals surface area contributed by atoms with Crippen molar-refractivity contribution in [2.45, 2.75) is 57.5 Å². The van der Waals surface area contributed by atoms with E-state index in [1.807, 2.05) is 6.33 Å². The van der Waals surface area contributed by atoms with Gasteiger partial charge in [0.15, 0.2) is 0 Å². The Balaban J connectivity index is 2.31. The highest BCUT2D eigenvalue weighted by Crippen LogP contribution is 2.38. The third-order valence-electron chi connectivity index (χ3n) is 3.62. The summed E-state index contributed by atoms with van der Waals surface area (Å²) in [4.78, 5) is 0. The number of aryl methyl sites for hydroxylation is 1. The minimum absolute atomic E-state index is 0.0334. The molecule has 1 fully saturated rings. The summed E-state index contributed by atoms with van der Waals surface area (Å²) < 4.78 is 2.16. The molecule has 0 aromatic carbocycles. The van der Waals surface area contributed by atoms with E-state index in [2.05, 4.69) is 28.6 Å². The van der Waals surface area contributed by atoms with E-state index in [0.29, 0.717) is 0 Å². The first-order chi connectivity index (χ1) is 7.18. The van der Waals surface area contributed by atoms with Gasteiger partial charge in [0.2, 0.25) is 0 Å². The zero-order chi connectivity index (χ0) is 10.9. The van der Waals surface area contributed by atoms with Crippen LogP contribution in [0.1, 0.15) is 45.4 Å². The maximum atomic E-state index is 6.19. The van der Waals surface area contributed by atoms with Crippen molar-refractivity contribution in [3.63, 3.8) is 0 Å². The van der Waals surface area contributed by atoms with Crippen molar-refractivity contribution in [2.24, 2.45) is 5.73 Å². The third-order valence-corrected chi connectivity index (χ3v) is 3.62. The highest BCUT2D eigenvalue weighted by molar-refractivity contribution is 5.14. The molecular formula is C11H20N4. The van der Waals surface area contributed by atoms with Gasteiger partial charge in [0, 0.05) is 18.0 Å². The predicted molar refractivity (Wildman–Crippen MR) is 59.5 cm³/mol. The molecule has 1 aromatic heterocycles. The first kappa shape index (κ1) is 10.6. The molecule has 0 bridgehead atoms. The van der Waals surface area contributed by atoms with Crippen molar-refractivity contribution < 1.29 is 0 Å². The zero-order valence-electron chi connectivity index (χ0n) is 9.61. The molecule has 0 saturated heterocycles. The van der Waals surface area contributed by atoms with Crippen LogP contribution in [0.15, 0.2) is 6.33 Å². The quantitative estimate of drug-likeness (QED) is 0.818. The molecule has 2 unspecified atom stereocenters. The monoisotopic (exact) mass is 208 g/mol. The van der Waals surface area contributed by atoms with Crippen LogP contribution < -0.4 is 5.73 Å². The molecule has 0 amide bonds. The van der Waals surface area contributed by atoms with Gasteiger partial charge in [0.05, 0.1) is 0 Å². The van der Waals surface area contributed by atoms with Gasteiger partial charge in [-0.15, -0.1) is 10.2 Å². The van der Waals surface area contributed by atoms with Crippen LogP contribution in [0.25, 0.3) is 0 Å². The highest BCUT2D eigenvalue weighted by Gasteiger charge is 2.41. The maximum Gasteiger partial charge on any atom is 0.140 e. The number of aromatic nitrogens is 3. The molecule has 15 heavy (non-hydrogen) atoms. The molecule has 1 aliphatic carbocycles. The van der Waals surface area contributed by atoms with Crippen LogP contribution in [0, 0.1) is 0 Å². The Hall–Kier alpha value is -0.900. The Morgan fingerprint density at radius 1 is 1.67 bits per heavy atom. The lowest BCUT2D eigenvalue weighted by atomic mass is 9.84. The molecule has 1 aromatic rings. The van der Waals surface area contributed by atoms with E-state index in [1.54, 1.807) is 0 Å². The fourth-order valence-corrected chi connectivity index (χ4v) is 2.57. The van der Waals surface area contributed by atoms with Gasteiger partial charge in [-0.05, 0) is 19.3 Å². The summed E-state index contributed by atoms with van der Waals surface area (Å²) in [6.45, 7) is 5.38. The molecule has 1 heterocycles. The van der Waals surface area contributed by atoms with E-state index in [0.717, 1.165) is 31.6 Å². The number of hydrogen-bond acceptors (Lipinski definition) is 3. The summed E-state index contributed by atoms with van der Waals surface area (Å²) in [5.41, 5.74) is 6.22. The normalized spacial score (nSPS) is 31.0. The largest absolute Gasteiger partial charge is 0.327 e. The number of rotatable bonds is 3. The van der Waals surface area contributed by atoms with Crippen molar-refractivity contribution in [1.82, 2.24) is 14.8 Å². The Morgan fingerprint density at radius 3 is 3.07 bits per heavy atom. The molecule has 2 atom stereocenters. The summed E-state index contributed by atoms with van der Waals surface area (Å²) in [7, 11) is 0. The van der Waals surface area contributed by atoms with Crippen molar-refractivity contribution in [3.05, 3.63) is 12.2 Å². The molecule has 0 radical (unpaired) electrons. The second-order valence-electron chi connectivity index (χ2n) is 4.76.